The van der Waals surface area contributed by atoms with Crippen molar-refractivity contribution in [1.82, 2.24) is 10.6 Å². The Morgan fingerprint density at radius 2 is 1.41 bits per heavy atom. The highest BCUT2D eigenvalue weighted by molar-refractivity contribution is 6.06. The molecule has 4 N–H and O–H groups in total. The highest BCUT2D eigenvalue weighted by atomic mass is 16.3. The number of nitrogens with one attached hydrogen (secondary N) is 2. The highest BCUT2D eigenvalue weighted by Crippen LogP contribution is 2.42. The van der Waals surface area contributed by atoms with E-state index in [0.29, 0.717) is 0 Å². The molecule has 0 aliphatic heterocycles. The number of amides is 3. The Morgan fingerprint density at radius 3 is 2.00 bits per heavy atom. The minimum atomic E-state index is -0.760. The molecule has 4 rings (SSSR count). The zero-order valence-electron chi connectivity index (χ0n) is 14.1. The molecule has 6 nitrogen and oxygen atoms in total. The van der Waals surface area contributed by atoms with Crippen LogP contribution in [0.3, 0.4) is 0 Å². The first-order valence-electron chi connectivity index (χ1n) is 8.36. The normalized spacial score (nSPS) is 12.1. The monoisotopic (exact) mass is 360 g/mol. The number of aromatic hydroxyl groups is 2. The van der Waals surface area contributed by atoms with Gasteiger partial charge in [0.1, 0.15) is 11.5 Å². The lowest BCUT2D eigenvalue weighted by atomic mass is 10.1. The number of carbonyl (C=O) groups is 2. The van der Waals surface area contributed by atoms with Gasteiger partial charge in [-0.3, -0.25) is 10.1 Å². The quantitative estimate of drug-likeness (QED) is 0.563. The molecule has 0 saturated heterocycles. The van der Waals surface area contributed by atoms with Gasteiger partial charge in [0.05, 0.1) is 11.6 Å². The molecule has 0 saturated carbocycles. The number of imide groups is 1. The van der Waals surface area contributed by atoms with Crippen LogP contribution in [0.5, 0.6) is 11.5 Å². The summed E-state index contributed by atoms with van der Waals surface area (Å²) in [5.41, 5.74) is 3.89. The molecule has 1 aliphatic carbocycles. The Bertz CT molecular complexity index is 1020. The Hall–Kier alpha value is -3.80. The van der Waals surface area contributed by atoms with Crippen molar-refractivity contribution < 1.29 is 19.8 Å². The van der Waals surface area contributed by atoms with Crippen LogP contribution in [0.15, 0.2) is 66.7 Å². The molecule has 0 heterocycles. The maximum absolute atomic E-state index is 12.4. The van der Waals surface area contributed by atoms with E-state index in [4.69, 9.17) is 0 Å². The SMILES string of the molecule is O=C(NC(=O)c1ccc(O)cc1O)NC1c2ccccc2-c2ccccc21. The molecule has 0 radical (unpaired) electrons. The number of phenolic OH excluding ortho intramolecular Hbond substituents is 2. The lowest BCUT2D eigenvalue weighted by Crippen LogP contribution is -2.41. The van der Waals surface area contributed by atoms with Crippen LogP contribution in [0.1, 0.15) is 27.5 Å². The van der Waals surface area contributed by atoms with Gasteiger partial charge in [-0.15, -0.1) is 0 Å². The molecule has 3 aromatic carbocycles. The number of hydrogen-bond acceptors (Lipinski definition) is 4. The van der Waals surface area contributed by atoms with Crippen molar-refractivity contribution in [3.05, 3.63) is 83.4 Å². The predicted octanol–water partition coefficient (Wildman–Crippen LogP) is 3.31. The third-order valence-corrected chi connectivity index (χ3v) is 4.56. The maximum atomic E-state index is 12.4. The second kappa shape index (κ2) is 6.49. The van der Waals surface area contributed by atoms with Crippen molar-refractivity contribution >= 4 is 11.9 Å². The van der Waals surface area contributed by atoms with Crippen molar-refractivity contribution in [3.8, 4) is 22.6 Å². The Labute approximate surface area is 155 Å². The summed E-state index contributed by atoms with van der Waals surface area (Å²) >= 11 is 0. The summed E-state index contributed by atoms with van der Waals surface area (Å²) in [5, 5.41) is 24.1. The zero-order chi connectivity index (χ0) is 19.0. The second-order valence-electron chi connectivity index (χ2n) is 6.24. The third kappa shape index (κ3) is 2.97. The smallest absolute Gasteiger partial charge is 0.322 e. The summed E-state index contributed by atoms with van der Waals surface area (Å²) in [6.07, 6.45) is 0. The van der Waals surface area contributed by atoms with Gasteiger partial charge in [0.25, 0.3) is 5.91 Å². The van der Waals surface area contributed by atoms with Gasteiger partial charge in [0.15, 0.2) is 0 Å². The first-order chi connectivity index (χ1) is 13.0. The number of benzene rings is 3. The standard InChI is InChI=1S/C21H16N2O4/c24-12-9-10-17(18(25)11-12)20(26)23-21(27)22-19-15-7-3-1-5-13(15)14-6-2-4-8-16(14)19/h1-11,19,24-25H,(H2,22,23,26,27). The van der Waals surface area contributed by atoms with Gasteiger partial charge in [0.2, 0.25) is 0 Å². The molecular weight excluding hydrogens is 344 g/mol. The predicted molar refractivity (Wildman–Crippen MR) is 99.5 cm³/mol. The Morgan fingerprint density at radius 1 is 0.815 bits per heavy atom. The Kier molecular flexibility index (Phi) is 4.01. The van der Waals surface area contributed by atoms with E-state index in [0.717, 1.165) is 28.3 Å². The van der Waals surface area contributed by atoms with E-state index >= 15 is 0 Å². The molecular formula is C21H16N2O4. The van der Waals surface area contributed by atoms with Crippen LogP contribution in [0.2, 0.25) is 0 Å². The average Bonchev–Trinajstić information content (AvgIpc) is 2.96. The van der Waals surface area contributed by atoms with E-state index in [2.05, 4.69) is 10.6 Å². The van der Waals surface area contributed by atoms with Gasteiger partial charge in [-0.05, 0) is 34.4 Å². The minimum absolute atomic E-state index is 0.102. The first kappa shape index (κ1) is 16.7. The number of fused-ring (bicyclic) bond motifs is 3. The molecule has 134 valence electrons. The highest BCUT2D eigenvalue weighted by Gasteiger charge is 2.29. The second-order valence-corrected chi connectivity index (χ2v) is 6.24. The molecule has 0 spiro atoms. The van der Waals surface area contributed by atoms with Crippen LogP contribution in [-0.4, -0.2) is 22.2 Å². The average molecular weight is 360 g/mol. The molecule has 27 heavy (non-hydrogen) atoms. The first-order valence-corrected chi connectivity index (χ1v) is 8.36. The molecule has 3 aromatic rings. The number of phenols is 2. The fraction of sp³-hybridized carbons (Fsp3) is 0.0476. The molecule has 0 bridgehead atoms. The van der Waals surface area contributed by atoms with E-state index in [9.17, 15) is 19.8 Å². The van der Waals surface area contributed by atoms with E-state index in [1.165, 1.54) is 12.1 Å². The summed E-state index contributed by atoms with van der Waals surface area (Å²) in [6, 6.07) is 18.0. The lowest BCUT2D eigenvalue weighted by Gasteiger charge is -2.16. The molecule has 0 fully saturated rings. The third-order valence-electron chi connectivity index (χ3n) is 4.56. The number of urea groups is 1. The van der Waals surface area contributed by atoms with Crippen LogP contribution in [-0.2, 0) is 0 Å². The van der Waals surface area contributed by atoms with Crippen LogP contribution >= 0.6 is 0 Å². The minimum Gasteiger partial charge on any atom is -0.508 e. The summed E-state index contributed by atoms with van der Waals surface area (Å²) in [6.45, 7) is 0. The number of hydrogen-bond donors (Lipinski definition) is 4. The van der Waals surface area contributed by atoms with Crippen molar-refractivity contribution in [2.45, 2.75) is 6.04 Å². The van der Waals surface area contributed by atoms with E-state index in [1.807, 2.05) is 48.5 Å². The van der Waals surface area contributed by atoms with Gasteiger partial charge in [-0.1, -0.05) is 48.5 Å². The number of carbonyl (C=O) groups excluding carboxylic acids is 2. The van der Waals surface area contributed by atoms with Crippen LogP contribution in [0.25, 0.3) is 11.1 Å². The van der Waals surface area contributed by atoms with Crippen LogP contribution < -0.4 is 10.6 Å². The fourth-order valence-electron chi connectivity index (χ4n) is 3.36. The largest absolute Gasteiger partial charge is 0.508 e. The van der Waals surface area contributed by atoms with Gasteiger partial charge in [-0.2, -0.15) is 0 Å². The molecule has 0 atom stereocenters. The molecule has 6 heteroatoms. The van der Waals surface area contributed by atoms with E-state index < -0.39 is 17.7 Å². The van der Waals surface area contributed by atoms with Crippen LogP contribution in [0.4, 0.5) is 4.79 Å². The van der Waals surface area contributed by atoms with Crippen molar-refractivity contribution in [3.63, 3.8) is 0 Å². The van der Waals surface area contributed by atoms with Crippen molar-refractivity contribution in [2.75, 3.05) is 0 Å². The van der Waals surface area contributed by atoms with Gasteiger partial charge >= 0.3 is 6.03 Å². The zero-order valence-corrected chi connectivity index (χ0v) is 14.1. The van der Waals surface area contributed by atoms with Gasteiger partial charge in [0, 0.05) is 6.07 Å². The summed E-state index contributed by atoms with van der Waals surface area (Å²) in [5.74, 6) is -1.34. The summed E-state index contributed by atoms with van der Waals surface area (Å²) in [7, 11) is 0. The number of rotatable bonds is 2. The molecule has 1 aliphatic rings. The summed E-state index contributed by atoms with van der Waals surface area (Å²) in [4.78, 5) is 24.6. The fourth-order valence-corrected chi connectivity index (χ4v) is 3.36. The molecule has 0 unspecified atom stereocenters. The van der Waals surface area contributed by atoms with Crippen molar-refractivity contribution in [1.29, 1.82) is 0 Å². The lowest BCUT2D eigenvalue weighted by molar-refractivity contribution is 0.0961. The Balaban J connectivity index is 1.56. The van der Waals surface area contributed by atoms with Gasteiger partial charge in [-0.25, -0.2) is 4.79 Å². The topological polar surface area (TPSA) is 98.7 Å². The summed E-state index contributed by atoms with van der Waals surface area (Å²) < 4.78 is 0. The van der Waals surface area contributed by atoms with E-state index in [1.54, 1.807) is 0 Å². The molecule has 0 aromatic heterocycles. The van der Waals surface area contributed by atoms with E-state index in [-0.39, 0.29) is 17.4 Å². The molecule has 3 amide bonds. The van der Waals surface area contributed by atoms with Crippen molar-refractivity contribution in [2.24, 2.45) is 0 Å². The van der Waals surface area contributed by atoms with Gasteiger partial charge < -0.3 is 15.5 Å². The maximum Gasteiger partial charge on any atom is 0.322 e. The van der Waals surface area contributed by atoms with Crippen LogP contribution in [0, 0.1) is 0 Å².